The molecule has 4 rings (SSSR count). The molecule has 1 N–H and O–H groups in total. The van der Waals surface area contributed by atoms with Crippen LogP contribution in [-0.2, 0) is 16.0 Å². The van der Waals surface area contributed by atoms with Crippen LogP contribution in [0.15, 0.2) is 59.8 Å². The molecule has 0 aliphatic carbocycles. The Kier molecular flexibility index (Phi) is 9.12. The van der Waals surface area contributed by atoms with Gasteiger partial charge in [0.25, 0.3) is 0 Å². The molecular formula is C26H33N5O2S. The second-order valence-electron chi connectivity index (χ2n) is 8.49. The number of carbonyl (C=O) groups is 1. The molecule has 8 heteroatoms. The van der Waals surface area contributed by atoms with Gasteiger partial charge in [0.15, 0.2) is 5.16 Å². The van der Waals surface area contributed by atoms with Crippen molar-refractivity contribution in [2.24, 2.45) is 0 Å². The van der Waals surface area contributed by atoms with Crippen LogP contribution in [-0.4, -0.2) is 70.7 Å². The average Bonchev–Trinajstić information content (AvgIpc) is 3.26. The van der Waals surface area contributed by atoms with Crippen molar-refractivity contribution in [3.8, 4) is 5.69 Å². The van der Waals surface area contributed by atoms with Crippen molar-refractivity contribution >= 4 is 17.7 Å². The van der Waals surface area contributed by atoms with Crippen LogP contribution < -0.4 is 5.32 Å². The van der Waals surface area contributed by atoms with Crippen LogP contribution in [0, 0.1) is 6.92 Å². The van der Waals surface area contributed by atoms with Gasteiger partial charge in [-0.2, -0.15) is 0 Å². The average molecular weight is 480 g/mol. The van der Waals surface area contributed by atoms with E-state index in [0.717, 1.165) is 61.7 Å². The quantitative estimate of drug-likeness (QED) is 0.335. The highest BCUT2D eigenvalue weighted by atomic mass is 32.2. The van der Waals surface area contributed by atoms with Crippen molar-refractivity contribution in [2.45, 2.75) is 31.3 Å². The van der Waals surface area contributed by atoms with Crippen molar-refractivity contribution < 1.29 is 9.53 Å². The van der Waals surface area contributed by atoms with Gasteiger partial charge in [-0.3, -0.25) is 14.3 Å². The lowest BCUT2D eigenvalue weighted by molar-refractivity contribution is -0.121. The summed E-state index contributed by atoms with van der Waals surface area (Å²) in [6.07, 6.45) is 2.03. The van der Waals surface area contributed by atoms with E-state index in [1.807, 2.05) is 18.2 Å². The van der Waals surface area contributed by atoms with Gasteiger partial charge in [0.05, 0.1) is 13.2 Å². The predicted molar refractivity (Wildman–Crippen MR) is 136 cm³/mol. The fourth-order valence-electron chi connectivity index (χ4n) is 3.90. The molecule has 2 heterocycles. The molecule has 1 aliphatic heterocycles. The zero-order chi connectivity index (χ0) is 23.6. The Bertz CT molecular complexity index is 1030. The monoisotopic (exact) mass is 479 g/mol. The number of morpholine rings is 1. The van der Waals surface area contributed by atoms with Crippen molar-refractivity contribution in [3.05, 3.63) is 71.5 Å². The summed E-state index contributed by atoms with van der Waals surface area (Å²) in [4.78, 5) is 14.6. The van der Waals surface area contributed by atoms with E-state index in [9.17, 15) is 4.79 Å². The van der Waals surface area contributed by atoms with E-state index in [1.165, 1.54) is 11.1 Å². The molecule has 34 heavy (non-hydrogen) atoms. The molecular weight excluding hydrogens is 446 g/mol. The van der Waals surface area contributed by atoms with Crippen molar-refractivity contribution in [1.82, 2.24) is 25.0 Å². The third-order valence-electron chi connectivity index (χ3n) is 5.83. The van der Waals surface area contributed by atoms with Gasteiger partial charge in [-0.05, 0) is 31.0 Å². The first-order valence-corrected chi connectivity index (χ1v) is 12.9. The van der Waals surface area contributed by atoms with E-state index in [-0.39, 0.29) is 5.91 Å². The molecule has 1 fully saturated rings. The maximum atomic E-state index is 12.2. The summed E-state index contributed by atoms with van der Waals surface area (Å²) in [5.41, 5.74) is 3.48. The number of thioether (sulfide) groups is 1. The summed E-state index contributed by atoms with van der Waals surface area (Å²) in [7, 11) is 0. The first-order valence-electron chi connectivity index (χ1n) is 11.9. The van der Waals surface area contributed by atoms with E-state index < -0.39 is 0 Å². The molecule has 0 atom stereocenters. The number of amides is 1. The summed E-state index contributed by atoms with van der Waals surface area (Å²) in [5.74, 6) is 1.84. The van der Waals surface area contributed by atoms with Gasteiger partial charge in [-0.25, -0.2) is 0 Å². The molecule has 180 valence electrons. The first-order chi connectivity index (χ1) is 16.7. The zero-order valence-corrected chi connectivity index (χ0v) is 20.6. The molecule has 1 amide bonds. The third-order valence-corrected chi connectivity index (χ3v) is 6.85. The maximum Gasteiger partial charge on any atom is 0.220 e. The molecule has 0 unspecified atom stereocenters. The van der Waals surface area contributed by atoms with Crippen LogP contribution in [0.2, 0.25) is 0 Å². The Morgan fingerprint density at radius 1 is 1.06 bits per heavy atom. The Balaban J connectivity index is 1.30. The van der Waals surface area contributed by atoms with Gasteiger partial charge in [-0.1, -0.05) is 59.8 Å². The molecule has 7 nitrogen and oxygen atoms in total. The zero-order valence-electron chi connectivity index (χ0n) is 19.8. The minimum absolute atomic E-state index is 0.110. The summed E-state index contributed by atoms with van der Waals surface area (Å²) in [6.45, 7) is 7.12. The van der Waals surface area contributed by atoms with E-state index >= 15 is 0 Å². The Hall–Kier alpha value is -2.68. The fourth-order valence-corrected chi connectivity index (χ4v) is 4.81. The van der Waals surface area contributed by atoms with Gasteiger partial charge < -0.3 is 10.1 Å². The summed E-state index contributed by atoms with van der Waals surface area (Å²) < 4.78 is 7.50. The molecule has 3 aromatic rings. The number of carbonyl (C=O) groups excluding carboxylic acids is 1. The molecule has 0 spiro atoms. The number of hydrogen-bond donors (Lipinski definition) is 1. The summed E-state index contributed by atoms with van der Waals surface area (Å²) >= 11 is 1.65. The molecule has 0 saturated carbocycles. The first kappa shape index (κ1) is 24.4. The topological polar surface area (TPSA) is 72.3 Å². The maximum absolute atomic E-state index is 12.2. The van der Waals surface area contributed by atoms with Gasteiger partial charge in [0.1, 0.15) is 5.82 Å². The summed E-state index contributed by atoms with van der Waals surface area (Å²) in [6, 6.07) is 18.8. The van der Waals surface area contributed by atoms with Crippen molar-refractivity contribution in [3.63, 3.8) is 0 Å². The number of nitrogens with zero attached hydrogens (tertiary/aromatic N) is 4. The number of benzene rings is 2. The van der Waals surface area contributed by atoms with Crippen LogP contribution in [0.1, 0.15) is 29.8 Å². The van der Waals surface area contributed by atoms with Gasteiger partial charge in [0, 0.05) is 50.5 Å². The van der Waals surface area contributed by atoms with Crippen LogP contribution in [0.5, 0.6) is 0 Å². The summed E-state index contributed by atoms with van der Waals surface area (Å²) in [5, 5.41) is 12.9. The van der Waals surface area contributed by atoms with Crippen LogP contribution in [0.4, 0.5) is 0 Å². The number of ether oxygens (including phenoxy) is 1. The van der Waals surface area contributed by atoms with E-state index in [0.29, 0.717) is 19.4 Å². The van der Waals surface area contributed by atoms with E-state index in [4.69, 9.17) is 4.74 Å². The highest BCUT2D eigenvalue weighted by Gasteiger charge is 2.15. The van der Waals surface area contributed by atoms with E-state index in [2.05, 4.69) is 68.3 Å². The number of aryl methyl sites for hydroxylation is 1. The number of rotatable bonds is 11. The lowest BCUT2D eigenvalue weighted by Crippen LogP contribution is -2.41. The van der Waals surface area contributed by atoms with Crippen LogP contribution >= 0.6 is 11.8 Å². The smallest absolute Gasteiger partial charge is 0.220 e. The standard InChI is InChI=1S/C26H33N5O2S/c1-21-9-11-23(12-10-21)31-24(20-22-6-3-2-4-7-22)28-29-26(31)34-19-5-8-25(32)27-13-14-30-15-17-33-18-16-30/h2-4,6-7,9-12H,5,8,13-20H2,1H3,(H,27,32). The van der Waals surface area contributed by atoms with E-state index in [1.54, 1.807) is 11.8 Å². The molecule has 0 bridgehead atoms. The highest BCUT2D eigenvalue weighted by molar-refractivity contribution is 7.99. The minimum Gasteiger partial charge on any atom is -0.379 e. The molecule has 1 aliphatic rings. The second kappa shape index (κ2) is 12.7. The highest BCUT2D eigenvalue weighted by Crippen LogP contribution is 2.24. The largest absolute Gasteiger partial charge is 0.379 e. The fraction of sp³-hybridized carbons (Fsp3) is 0.423. The third kappa shape index (κ3) is 7.16. The molecule has 0 radical (unpaired) electrons. The Morgan fingerprint density at radius 3 is 2.59 bits per heavy atom. The van der Waals surface area contributed by atoms with Crippen LogP contribution in [0.25, 0.3) is 5.69 Å². The number of nitrogens with one attached hydrogen (secondary N) is 1. The number of hydrogen-bond acceptors (Lipinski definition) is 6. The molecule has 1 aromatic heterocycles. The molecule has 2 aromatic carbocycles. The van der Waals surface area contributed by atoms with Gasteiger partial charge in [-0.15, -0.1) is 10.2 Å². The lowest BCUT2D eigenvalue weighted by atomic mass is 10.1. The van der Waals surface area contributed by atoms with Gasteiger partial charge >= 0.3 is 0 Å². The Labute approximate surface area is 205 Å². The molecule has 1 saturated heterocycles. The minimum atomic E-state index is 0.110. The van der Waals surface area contributed by atoms with Crippen molar-refractivity contribution in [1.29, 1.82) is 0 Å². The van der Waals surface area contributed by atoms with Gasteiger partial charge in [0.2, 0.25) is 5.91 Å². The normalized spacial score (nSPS) is 14.3. The predicted octanol–water partition coefficient (Wildman–Crippen LogP) is 3.49. The second-order valence-corrected chi connectivity index (χ2v) is 9.55. The Morgan fingerprint density at radius 2 is 1.82 bits per heavy atom. The van der Waals surface area contributed by atoms with Crippen molar-refractivity contribution in [2.75, 3.05) is 45.1 Å². The van der Waals surface area contributed by atoms with Crippen LogP contribution in [0.3, 0.4) is 0 Å². The SMILES string of the molecule is Cc1ccc(-n2c(Cc3ccccc3)nnc2SCCCC(=O)NCCN2CCOCC2)cc1. The number of aromatic nitrogens is 3. The lowest BCUT2D eigenvalue weighted by Gasteiger charge is -2.26.